The van der Waals surface area contributed by atoms with Gasteiger partial charge in [-0.2, -0.15) is 0 Å². The third-order valence-electron chi connectivity index (χ3n) is 2.86. The molecule has 1 N–H and O–H groups in total. The van der Waals surface area contributed by atoms with Crippen LogP contribution in [0.25, 0.3) is 0 Å². The molecule has 1 amide bonds. The minimum atomic E-state index is -0.0235. The van der Waals surface area contributed by atoms with Crippen molar-refractivity contribution >= 4 is 33.6 Å². The predicted molar refractivity (Wildman–Crippen MR) is 86.7 cm³/mol. The van der Waals surface area contributed by atoms with Crippen molar-refractivity contribution in [3.8, 4) is 5.75 Å². The van der Waals surface area contributed by atoms with Crippen LogP contribution in [0.1, 0.15) is 12.0 Å². The molecule has 22 heavy (non-hydrogen) atoms. The number of ether oxygens (including phenoxy) is 1. The van der Waals surface area contributed by atoms with Gasteiger partial charge in [0.05, 0.1) is 7.11 Å². The summed E-state index contributed by atoms with van der Waals surface area (Å²) in [4.78, 5) is 11.9. The number of nitrogens with zero attached hydrogens (tertiary/aromatic N) is 4. The number of halogens is 1. The van der Waals surface area contributed by atoms with Crippen LogP contribution in [0.15, 0.2) is 27.8 Å². The first-order chi connectivity index (χ1) is 10.6. The maximum Gasteiger partial charge on any atom is 0.221 e. The molecule has 1 heterocycles. The minimum absolute atomic E-state index is 0.0235. The Morgan fingerprint density at radius 2 is 2.32 bits per heavy atom. The van der Waals surface area contributed by atoms with Gasteiger partial charge < -0.3 is 10.1 Å². The number of amides is 1. The van der Waals surface area contributed by atoms with Gasteiger partial charge in [-0.25, -0.2) is 4.68 Å². The number of hydrogen-bond donors (Lipinski definition) is 1. The Bertz CT molecular complexity index is 649. The highest BCUT2D eigenvalue weighted by Gasteiger charge is 2.08. The molecule has 1 aromatic carbocycles. The highest BCUT2D eigenvalue weighted by atomic mass is 79.9. The van der Waals surface area contributed by atoms with E-state index in [1.165, 1.54) is 11.8 Å². The van der Waals surface area contributed by atoms with Gasteiger partial charge in [0.15, 0.2) is 0 Å². The van der Waals surface area contributed by atoms with Crippen LogP contribution in [0.2, 0.25) is 0 Å². The van der Waals surface area contributed by atoms with Crippen molar-refractivity contribution in [3.05, 3.63) is 28.2 Å². The van der Waals surface area contributed by atoms with E-state index in [0.717, 1.165) is 15.8 Å². The van der Waals surface area contributed by atoms with Crippen molar-refractivity contribution in [2.45, 2.75) is 18.1 Å². The average molecular weight is 386 g/mol. The molecule has 9 heteroatoms. The fourth-order valence-electron chi connectivity index (χ4n) is 1.75. The van der Waals surface area contributed by atoms with E-state index in [9.17, 15) is 4.79 Å². The zero-order chi connectivity index (χ0) is 15.9. The van der Waals surface area contributed by atoms with E-state index in [2.05, 4.69) is 36.8 Å². The van der Waals surface area contributed by atoms with Crippen LogP contribution < -0.4 is 10.1 Å². The Kier molecular flexibility index (Phi) is 6.20. The number of tetrazole rings is 1. The van der Waals surface area contributed by atoms with Crippen LogP contribution >= 0.6 is 27.7 Å². The zero-order valence-corrected chi connectivity index (χ0v) is 14.6. The van der Waals surface area contributed by atoms with E-state index in [0.29, 0.717) is 23.9 Å². The molecule has 2 rings (SSSR count). The first-order valence-electron chi connectivity index (χ1n) is 6.54. The van der Waals surface area contributed by atoms with Gasteiger partial charge in [-0.15, -0.1) is 5.10 Å². The highest BCUT2D eigenvalue weighted by Crippen LogP contribution is 2.22. The second-order valence-corrected chi connectivity index (χ2v) is 6.39. The van der Waals surface area contributed by atoms with Gasteiger partial charge in [0.1, 0.15) is 5.75 Å². The van der Waals surface area contributed by atoms with Gasteiger partial charge in [-0.05, 0) is 28.6 Å². The molecule has 0 unspecified atom stereocenters. The Balaban J connectivity index is 1.78. The van der Waals surface area contributed by atoms with Crippen LogP contribution in [0.3, 0.4) is 0 Å². The summed E-state index contributed by atoms with van der Waals surface area (Å²) in [6.07, 6.45) is 0.397. The highest BCUT2D eigenvalue weighted by molar-refractivity contribution is 9.10. The second kappa shape index (κ2) is 8.14. The SMILES string of the molecule is COc1ccc(Br)cc1CNC(=O)CCSc1nnnn1C. The van der Waals surface area contributed by atoms with Crippen molar-refractivity contribution in [1.82, 2.24) is 25.5 Å². The number of aromatic nitrogens is 4. The molecular weight excluding hydrogens is 370 g/mol. The van der Waals surface area contributed by atoms with E-state index in [1.54, 1.807) is 18.8 Å². The predicted octanol–water partition coefficient (Wildman–Crippen LogP) is 1.78. The van der Waals surface area contributed by atoms with Gasteiger partial charge in [0.25, 0.3) is 0 Å². The zero-order valence-electron chi connectivity index (χ0n) is 12.2. The first-order valence-corrected chi connectivity index (χ1v) is 8.32. The van der Waals surface area contributed by atoms with Gasteiger partial charge in [0, 0.05) is 35.8 Å². The number of benzene rings is 1. The molecule has 0 fully saturated rings. The quantitative estimate of drug-likeness (QED) is 0.731. The fourth-order valence-corrected chi connectivity index (χ4v) is 2.94. The number of hydrogen-bond acceptors (Lipinski definition) is 6. The normalized spacial score (nSPS) is 10.5. The lowest BCUT2D eigenvalue weighted by molar-refractivity contribution is -0.120. The molecule has 7 nitrogen and oxygen atoms in total. The van der Waals surface area contributed by atoms with E-state index < -0.39 is 0 Å². The maximum atomic E-state index is 11.9. The third kappa shape index (κ3) is 4.70. The lowest BCUT2D eigenvalue weighted by atomic mass is 10.2. The Morgan fingerprint density at radius 3 is 3.00 bits per heavy atom. The summed E-state index contributed by atoms with van der Waals surface area (Å²) in [6, 6.07) is 5.69. The first kappa shape index (κ1) is 16.8. The molecule has 0 radical (unpaired) electrons. The molecular formula is C13H16BrN5O2S. The summed E-state index contributed by atoms with van der Waals surface area (Å²) < 4.78 is 7.80. The monoisotopic (exact) mass is 385 g/mol. The third-order valence-corrected chi connectivity index (χ3v) is 4.37. The van der Waals surface area contributed by atoms with Crippen molar-refractivity contribution in [3.63, 3.8) is 0 Å². The molecule has 0 atom stereocenters. The number of nitrogens with one attached hydrogen (secondary N) is 1. The summed E-state index contributed by atoms with van der Waals surface area (Å²) >= 11 is 4.86. The van der Waals surface area contributed by atoms with Crippen molar-refractivity contribution in [1.29, 1.82) is 0 Å². The standard InChI is InChI=1S/C13H16BrN5O2S/c1-19-13(16-17-18-19)22-6-5-12(20)15-8-9-7-10(14)3-4-11(9)21-2/h3-4,7H,5-6,8H2,1-2H3,(H,15,20). The number of thioether (sulfide) groups is 1. The van der Waals surface area contributed by atoms with Crippen LogP contribution in [-0.2, 0) is 18.4 Å². The summed E-state index contributed by atoms with van der Waals surface area (Å²) in [5.41, 5.74) is 0.926. The summed E-state index contributed by atoms with van der Waals surface area (Å²) in [6.45, 7) is 0.428. The van der Waals surface area contributed by atoms with Crippen molar-refractivity contribution in [2.75, 3.05) is 12.9 Å². The van der Waals surface area contributed by atoms with Crippen molar-refractivity contribution in [2.24, 2.45) is 7.05 Å². The summed E-state index contributed by atoms with van der Waals surface area (Å²) in [7, 11) is 3.38. The molecule has 0 saturated carbocycles. The molecule has 0 bridgehead atoms. The van der Waals surface area contributed by atoms with Gasteiger partial charge in [-0.3, -0.25) is 4.79 Å². The molecule has 0 aliphatic carbocycles. The fraction of sp³-hybridized carbons (Fsp3) is 0.385. The largest absolute Gasteiger partial charge is 0.496 e. The number of methoxy groups -OCH3 is 1. The van der Waals surface area contributed by atoms with Gasteiger partial charge >= 0.3 is 0 Å². The lowest BCUT2D eigenvalue weighted by Crippen LogP contribution is -2.23. The summed E-state index contributed by atoms with van der Waals surface area (Å²) in [5, 5.41) is 14.7. The molecule has 1 aromatic heterocycles. The van der Waals surface area contributed by atoms with Gasteiger partial charge in [0.2, 0.25) is 11.1 Å². The van der Waals surface area contributed by atoms with Gasteiger partial charge in [-0.1, -0.05) is 27.7 Å². The number of carbonyl (C=O) groups excluding carboxylic acids is 1. The van der Waals surface area contributed by atoms with Crippen LogP contribution in [-0.4, -0.2) is 39.0 Å². The number of rotatable bonds is 7. The molecule has 0 saturated heterocycles. The van der Waals surface area contributed by atoms with Crippen molar-refractivity contribution < 1.29 is 9.53 Å². The molecule has 118 valence electrons. The molecule has 0 aliphatic heterocycles. The Hall–Kier alpha value is -1.61. The molecule has 0 spiro atoms. The van der Waals surface area contributed by atoms with E-state index in [4.69, 9.17) is 4.74 Å². The van der Waals surface area contributed by atoms with Crippen LogP contribution in [0.5, 0.6) is 5.75 Å². The second-order valence-electron chi connectivity index (χ2n) is 4.42. The summed E-state index contributed by atoms with van der Waals surface area (Å²) in [5.74, 6) is 1.35. The molecule has 0 aliphatic rings. The smallest absolute Gasteiger partial charge is 0.221 e. The van der Waals surface area contributed by atoms with E-state index in [-0.39, 0.29) is 5.91 Å². The van der Waals surface area contributed by atoms with E-state index in [1.807, 2.05) is 18.2 Å². The number of aryl methyl sites for hydroxylation is 1. The number of carbonyl (C=O) groups is 1. The average Bonchev–Trinajstić information content (AvgIpc) is 2.91. The topological polar surface area (TPSA) is 81.9 Å². The van der Waals surface area contributed by atoms with Crippen LogP contribution in [0.4, 0.5) is 0 Å². The van der Waals surface area contributed by atoms with Crippen LogP contribution in [0, 0.1) is 0 Å². The minimum Gasteiger partial charge on any atom is -0.496 e. The molecule has 2 aromatic rings. The van der Waals surface area contributed by atoms with E-state index >= 15 is 0 Å². The lowest BCUT2D eigenvalue weighted by Gasteiger charge is -2.10. The Morgan fingerprint density at radius 1 is 1.50 bits per heavy atom. The maximum absolute atomic E-state index is 11.9. The Labute approximate surface area is 140 Å².